The molecular weight excluding hydrogens is 603 g/mol. The lowest BCUT2D eigenvalue weighted by Gasteiger charge is -2.31. The molecule has 1 aliphatic rings. The van der Waals surface area contributed by atoms with Crippen molar-refractivity contribution < 1.29 is 38.6 Å². The van der Waals surface area contributed by atoms with Gasteiger partial charge >= 0.3 is 11.9 Å². The van der Waals surface area contributed by atoms with Gasteiger partial charge in [-0.3, -0.25) is 28.7 Å². The molecule has 1 fully saturated rings. The molecule has 15 nitrogen and oxygen atoms in total. The summed E-state index contributed by atoms with van der Waals surface area (Å²) in [6, 6.07) is 5.16. The average molecular weight is 639 g/mol. The van der Waals surface area contributed by atoms with E-state index in [2.05, 4.69) is 20.7 Å². The summed E-state index contributed by atoms with van der Waals surface area (Å²) in [5.41, 5.74) is 3.64. The summed E-state index contributed by atoms with van der Waals surface area (Å²) in [5.74, 6) is -3.00. The number of aliphatic carboxylic acids is 2. The van der Waals surface area contributed by atoms with Crippen molar-refractivity contribution in [2.75, 3.05) is 26.2 Å². The average Bonchev–Trinajstić information content (AvgIpc) is 3.61. The molecule has 0 atom stereocenters. The van der Waals surface area contributed by atoms with Crippen molar-refractivity contribution in [1.82, 2.24) is 40.1 Å². The van der Waals surface area contributed by atoms with E-state index in [0.29, 0.717) is 50.1 Å². The summed E-state index contributed by atoms with van der Waals surface area (Å²) in [6.07, 6.45) is 4.95. The van der Waals surface area contributed by atoms with E-state index in [1.165, 1.54) is 6.07 Å². The maximum Gasteiger partial charge on any atom is 0.322 e. The lowest BCUT2D eigenvalue weighted by atomic mass is 9.89. The van der Waals surface area contributed by atoms with Gasteiger partial charge in [-0.15, -0.1) is 0 Å². The Morgan fingerprint density at radius 3 is 2.46 bits per heavy atom. The molecule has 3 amide bonds. The first-order chi connectivity index (χ1) is 22.0. The third kappa shape index (κ3) is 7.80. The molecule has 0 unspecified atom stereocenters. The fraction of sp³-hybridized carbons (Fsp3) is 0.400. The third-order valence-electron chi connectivity index (χ3n) is 7.65. The van der Waals surface area contributed by atoms with Crippen LogP contribution in [0.25, 0.3) is 33.1 Å². The van der Waals surface area contributed by atoms with Crippen molar-refractivity contribution in [3.05, 3.63) is 42.1 Å². The summed E-state index contributed by atoms with van der Waals surface area (Å²) in [6.45, 7) is 3.07. The zero-order chi connectivity index (χ0) is 33.4. The number of hydrogen-bond acceptors (Lipinski definition) is 8. The Morgan fingerprint density at radius 1 is 1.07 bits per heavy atom. The topological polar surface area (TPSA) is 202 Å². The number of carbonyl (C=O) groups is 5. The number of nitrogens with one attached hydrogen (secondary N) is 2. The molecule has 1 aliphatic heterocycles. The maximum atomic E-state index is 15.3. The number of likely N-dealkylation sites (tertiary alicyclic amines) is 1. The molecule has 46 heavy (non-hydrogen) atoms. The summed E-state index contributed by atoms with van der Waals surface area (Å²) < 4.78 is 18.9. The van der Waals surface area contributed by atoms with E-state index in [1.54, 1.807) is 22.0 Å². The zero-order valence-corrected chi connectivity index (χ0v) is 25.4. The molecule has 0 spiro atoms. The molecule has 4 heterocycles. The Balaban J connectivity index is 0.000000375. The first-order valence-corrected chi connectivity index (χ1v) is 14.7. The van der Waals surface area contributed by atoms with Crippen molar-refractivity contribution in [1.29, 1.82) is 0 Å². The highest BCUT2D eigenvalue weighted by Crippen LogP contribution is 2.39. The largest absolute Gasteiger partial charge is 0.481 e. The standard InChI is InChI=1S/C25H27FN6O3.C5H8N2O4/c1-3-32-25-23(24(29-32)15-7-10-31(11-8-15)21(33)4-5-22(34)35)17(6-9-27-25)18-13-20-16(12-19(18)26)14-28-30(20)2;8-3-6-1-4(9)7-2-5(10)11/h6,9,12-15H,3-5,7-8,10-11H2,1-2H3,(H,34,35);3H,1-2H2,(H,6,8)(H,7,9)(H,10,11). The highest BCUT2D eigenvalue weighted by Gasteiger charge is 2.29. The summed E-state index contributed by atoms with van der Waals surface area (Å²) in [7, 11) is 1.83. The van der Waals surface area contributed by atoms with Crippen molar-refractivity contribution >= 4 is 52.1 Å². The van der Waals surface area contributed by atoms with Crippen molar-refractivity contribution in [2.45, 2.75) is 45.1 Å². The normalized spacial score (nSPS) is 13.2. The van der Waals surface area contributed by atoms with E-state index in [4.69, 9.17) is 15.3 Å². The van der Waals surface area contributed by atoms with Crippen molar-refractivity contribution in [3.63, 3.8) is 0 Å². The number of fused-ring (bicyclic) bond motifs is 2. The number of benzene rings is 1. The number of hydrogen-bond donors (Lipinski definition) is 4. The van der Waals surface area contributed by atoms with Gasteiger partial charge in [-0.25, -0.2) is 14.1 Å². The second kappa shape index (κ2) is 15.0. The van der Waals surface area contributed by atoms with Crippen LogP contribution in [0, 0.1) is 5.82 Å². The summed E-state index contributed by atoms with van der Waals surface area (Å²) in [4.78, 5) is 59.5. The molecule has 16 heteroatoms. The third-order valence-corrected chi connectivity index (χ3v) is 7.65. The van der Waals surface area contributed by atoms with Gasteiger partial charge < -0.3 is 25.7 Å². The minimum Gasteiger partial charge on any atom is -0.481 e. The van der Waals surface area contributed by atoms with E-state index in [0.717, 1.165) is 27.5 Å². The van der Waals surface area contributed by atoms with Gasteiger partial charge in [0.2, 0.25) is 18.2 Å². The van der Waals surface area contributed by atoms with Crippen LogP contribution >= 0.6 is 0 Å². The van der Waals surface area contributed by atoms with E-state index >= 15 is 4.39 Å². The molecular formula is C30H35FN8O7. The number of rotatable bonds is 11. The van der Waals surface area contributed by atoms with Gasteiger partial charge in [-0.2, -0.15) is 10.2 Å². The predicted molar refractivity (Wildman–Crippen MR) is 163 cm³/mol. The van der Waals surface area contributed by atoms with Gasteiger partial charge in [0.05, 0.1) is 35.8 Å². The fourth-order valence-corrected chi connectivity index (χ4v) is 5.38. The number of amides is 3. The van der Waals surface area contributed by atoms with Crippen LogP contribution in [0.3, 0.4) is 0 Å². The summed E-state index contributed by atoms with van der Waals surface area (Å²) in [5, 5.41) is 31.8. The molecule has 4 N–H and O–H groups in total. The smallest absolute Gasteiger partial charge is 0.322 e. The van der Waals surface area contributed by atoms with E-state index in [9.17, 15) is 24.0 Å². The Hall–Kier alpha value is -5.41. The molecule has 0 bridgehead atoms. The van der Waals surface area contributed by atoms with Gasteiger partial charge in [0, 0.05) is 56.2 Å². The Kier molecular flexibility index (Phi) is 11.0. The number of piperidine rings is 1. The SMILES string of the molecule is CCn1nc(C2CCN(C(=O)CCC(=O)O)CC2)c2c(-c3cc4c(cnn4C)cc3F)ccnc21.O=CNCC(=O)NCC(=O)O. The van der Waals surface area contributed by atoms with Crippen LogP contribution in [0.15, 0.2) is 30.6 Å². The van der Waals surface area contributed by atoms with Gasteiger partial charge in [0.25, 0.3) is 0 Å². The van der Waals surface area contributed by atoms with Gasteiger partial charge in [-0.1, -0.05) is 0 Å². The van der Waals surface area contributed by atoms with Crippen LogP contribution in [-0.4, -0.2) is 96.0 Å². The number of nitrogens with zero attached hydrogens (tertiary/aromatic N) is 6. The summed E-state index contributed by atoms with van der Waals surface area (Å²) >= 11 is 0. The lowest BCUT2D eigenvalue weighted by molar-refractivity contribution is -0.141. The van der Waals surface area contributed by atoms with Crippen LogP contribution in [0.4, 0.5) is 4.39 Å². The number of carbonyl (C=O) groups excluding carboxylic acids is 3. The molecule has 3 aromatic heterocycles. The monoisotopic (exact) mass is 638 g/mol. The first kappa shape index (κ1) is 33.5. The number of aryl methyl sites for hydroxylation is 2. The Morgan fingerprint density at radius 2 is 1.80 bits per heavy atom. The van der Waals surface area contributed by atoms with E-state index in [1.807, 2.05) is 30.8 Å². The van der Waals surface area contributed by atoms with E-state index < -0.39 is 24.4 Å². The maximum absolute atomic E-state index is 15.3. The van der Waals surface area contributed by atoms with Crippen LogP contribution in [0.5, 0.6) is 0 Å². The quantitative estimate of drug-likeness (QED) is 0.175. The number of carboxylic acids is 2. The lowest BCUT2D eigenvalue weighted by Crippen LogP contribution is -2.38. The van der Waals surface area contributed by atoms with Crippen LogP contribution < -0.4 is 10.6 Å². The Labute approximate surface area is 262 Å². The number of carboxylic acid groups (broad SMARTS) is 2. The molecule has 244 valence electrons. The minimum absolute atomic E-state index is 0.0111. The molecule has 5 rings (SSSR count). The van der Waals surface area contributed by atoms with Crippen molar-refractivity contribution in [3.8, 4) is 11.1 Å². The molecule has 1 aromatic carbocycles. The molecule has 0 radical (unpaired) electrons. The highest BCUT2D eigenvalue weighted by molar-refractivity contribution is 5.97. The second-order valence-corrected chi connectivity index (χ2v) is 10.6. The molecule has 0 aliphatic carbocycles. The first-order valence-electron chi connectivity index (χ1n) is 14.7. The zero-order valence-electron chi connectivity index (χ0n) is 25.4. The highest BCUT2D eigenvalue weighted by atomic mass is 19.1. The number of aromatic nitrogens is 5. The molecule has 1 saturated heterocycles. The number of halogens is 1. The predicted octanol–water partition coefficient (Wildman–Crippen LogP) is 1.65. The second-order valence-electron chi connectivity index (χ2n) is 10.6. The molecule has 0 saturated carbocycles. The van der Waals surface area contributed by atoms with Crippen LogP contribution in [-0.2, 0) is 37.6 Å². The number of pyridine rings is 1. The van der Waals surface area contributed by atoms with Gasteiger partial charge in [0.1, 0.15) is 12.4 Å². The fourth-order valence-electron chi connectivity index (χ4n) is 5.38. The van der Waals surface area contributed by atoms with Crippen LogP contribution in [0.1, 0.15) is 44.2 Å². The van der Waals surface area contributed by atoms with Gasteiger partial charge in [0.15, 0.2) is 5.65 Å². The van der Waals surface area contributed by atoms with Crippen LogP contribution in [0.2, 0.25) is 0 Å². The Bertz CT molecular complexity index is 1760. The van der Waals surface area contributed by atoms with E-state index in [-0.39, 0.29) is 37.0 Å². The molecule has 4 aromatic rings. The minimum atomic E-state index is -1.12. The van der Waals surface area contributed by atoms with Gasteiger partial charge in [-0.05, 0) is 43.5 Å². The van der Waals surface area contributed by atoms with Crippen molar-refractivity contribution in [2.24, 2.45) is 7.05 Å².